The van der Waals surface area contributed by atoms with Crippen LogP contribution >= 0.6 is 11.3 Å². The molecule has 1 aliphatic rings. The summed E-state index contributed by atoms with van der Waals surface area (Å²) in [7, 11) is -3.73. The first-order chi connectivity index (χ1) is 12.8. The normalized spacial score (nSPS) is 17.6. The van der Waals surface area contributed by atoms with Crippen molar-refractivity contribution in [2.24, 2.45) is 5.92 Å². The third-order valence-electron chi connectivity index (χ3n) is 4.89. The SMILES string of the molecule is CC1CCN(S(=O)(=O)c2ccc(N[C@@H](C)c3cccs3)c([N+](=O)[O-])c2)CC1. The van der Waals surface area contributed by atoms with Gasteiger partial charge in [-0.3, -0.25) is 10.1 Å². The predicted molar refractivity (Wildman–Crippen MR) is 107 cm³/mol. The molecule has 1 saturated heterocycles. The minimum Gasteiger partial charge on any atom is -0.372 e. The van der Waals surface area contributed by atoms with E-state index in [9.17, 15) is 18.5 Å². The molecule has 3 rings (SSSR count). The van der Waals surface area contributed by atoms with Crippen molar-refractivity contribution in [1.82, 2.24) is 4.31 Å². The van der Waals surface area contributed by atoms with Gasteiger partial charge in [-0.25, -0.2) is 8.42 Å². The van der Waals surface area contributed by atoms with Crippen LogP contribution in [-0.2, 0) is 10.0 Å². The molecule has 0 aliphatic carbocycles. The van der Waals surface area contributed by atoms with Crippen LogP contribution in [0.3, 0.4) is 0 Å². The number of piperidine rings is 1. The summed E-state index contributed by atoms with van der Waals surface area (Å²) in [4.78, 5) is 12.0. The Hall–Kier alpha value is -1.97. The summed E-state index contributed by atoms with van der Waals surface area (Å²) in [5, 5.41) is 16.6. The Morgan fingerprint density at radius 2 is 2.00 bits per heavy atom. The fourth-order valence-electron chi connectivity index (χ4n) is 3.16. The highest BCUT2D eigenvalue weighted by Crippen LogP contribution is 2.33. The molecule has 0 unspecified atom stereocenters. The van der Waals surface area contributed by atoms with Gasteiger partial charge in [0.2, 0.25) is 10.0 Å². The molecule has 0 amide bonds. The fraction of sp³-hybridized carbons (Fsp3) is 0.444. The number of anilines is 1. The molecule has 2 aromatic rings. The van der Waals surface area contributed by atoms with Crippen LogP contribution in [0.15, 0.2) is 40.6 Å². The van der Waals surface area contributed by atoms with Crippen molar-refractivity contribution < 1.29 is 13.3 Å². The minimum absolute atomic E-state index is 0.0296. The van der Waals surface area contributed by atoms with Crippen LogP contribution in [0, 0.1) is 16.0 Å². The number of thiophene rings is 1. The average molecular weight is 410 g/mol. The maximum atomic E-state index is 12.9. The zero-order valence-electron chi connectivity index (χ0n) is 15.3. The van der Waals surface area contributed by atoms with E-state index in [-0.39, 0.29) is 16.6 Å². The van der Waals surface area contributed by atoms with E-state index >= 15 is 0 Å². The topological polar surface area (TPSA) is 92.6 Å². The Bertz CT molecular complexity index is 905. The van der Waals surface area contributed by atoms with Crippen molar-refractivity contribution in [1.29, 1.82) is 0 Å². The summed E-state index contributed by atoms with van der Waals surface area (Å²) in [5.74, 6) is 0.496. The lowest BCUT2D eigenvalue weighted by molar-refractivity contribution is -0.384. The molecule has 0 spiro atoms. The Labute approximate surface area is 163 Å². The Morgan fingerprint density at radius 1 is 1.30 bits per heavy atom. The first-order valence-corrected chi connectivity index (χ1v) is 11.2. The number of benzene rings is 1. The number of sulfonamides is 1. The number of nitrogens with one attached hydrogen (secondary N) is 1. The molecule has 1 N–H and O–H groups in total. The van der Waals surface area contributed by atoms with Gasteiger partial charge in [0.15, 0.2) is 0 Å². The average Bonchev–Trinajstić information content (AvgIpc) is 3.17. The van der Waals surface area contributed by atoms with Gasteiger partial charge < -0.3 is 5.32 Å². The van der Waals surface area contributed by atoms with Crippen LogP contribution in [-0.4, -0.2) is 30.7 Å². The van der Waals surface area contributed by atoms with Crippen molar-refractivity contribution in [3.05, 3.63) is 50.7 Å². The van der Waals surface area contributed by atoms with E-state index in [2.05, 4.69) is 12.2 Å². The van der Waals surface area contributed by atoms with Gasteiger partial charge in [-0.05, 0) is 49.3 Å². The van der Waals surface area contributed by atoms with Crippen molar-refractivity contribution in [2.75, 3.05) is 18.4 Å². The lowest BCUT2D eigenvalue weighted by Gasteiger charge is -2.29. The molecule has 1 fully saturated rings. The number of nitro benzene ring substituents is 1. The number of hydrogen-bond donors (Lipinski definition) is 1. The Balaban J connectivity index is 1.88. The molecule has 0 saturated carbocycles. The lowest BCUT2D eigenvalue weighted by atomic mass is 10.0. The summed E-state index contributed by atoms with van der Waals surface area (Å²) in [5.41, 5.74) is 0.0805. The van der Waals surface area contributed by atoms with Crippen molar-refractivity contribution in [3.63, 3.8) is 0 Å². The van der Waals surface area contributed by atoms with Crippen molar-refractivity contribution in [3.8, 4) is 0 Å². The molecule has 2 heterocycles. The van der Waals surface area contributed by atoms with Crippen LogP contribution < -0.4 is 5.32 Å². The van der Waals surface area contributed by atoms with Gasteiger partial charge in [-0.1, -0.05) is 13.0 Å². The summed E-state index contributed by atoms with van der Waals surface area (Å²) >= 11 is 1.56. The third-order valence-corrected chi connectivity index (χ3v) is 7.84. The maximum absolute atomic E-state index is 12.9. The van der Waals surface area contributed by atoms with Gasteiger partial charge in [0, 0.05) is 24.0 Å². The van der Waals surface area contributed by atoms with Gasteiger partial charge in [-0.15, -0.1) is 11.3 Å². The van der Waals surface area contributed by atoms with Gasteiger partial charge >= 0.3 is 0 Å². The van der Waals surface area contributed by atoms with E-state index in [1.165, 1.54) is 16.4 Å². The van der Waals surface area contributed by atoms with E-state index in [4.69, 9.17) is 0 Å². The molecule has 7 nitrogen and oxygen atoms in total. The largest absolute Gasteiger partial charge is 0.372 e. The van der Waals surface area contributed by atoms with Crippen molar-refractivity contribution in [2.45, 2.75) is 37.6 Å². The standard InChI is InChI=1S/C18H23N3O4S2/c1-13-7-9-20(10-8-13)27(24,25)15-5-6-16(17(12-15)21(22)23)19-14(2)18-4-3-11-26-18/h3-6,11-14,19H,7-10H2,1-2H3/t14-/m0/s1. The van der Waals surface area contributed by atoms with Gasteiger partial charge in [0.1, 0.15) is 5.69 Å². The van der Waals surface area contributed by atoms with Gasteiger partial charge in [0.25, 0.3) is 5.69 Å². The summed E-state index contributed by atoms with van der Waals surface area (Å²) in [6.07, 6.45) is 1.61. The Kier molecular flexibility index (Phi) is 5.83. The van der Waals surface area contributed by atoms with E-state index in [0.717, 1.165) is 23.8 Å². The van der Waals surface area contributed by atoms with Crippen LogP contribution in [0.5, 0.6) is 0 Å². The number of rotatable bonds is 6. The second kappa shape index (κ2) is 7.95. The molecule has 1 atom stereocenters. The summed E-state index contributed by atoms with van der Waals surface area (Å²) < 4.78 is 27.2. The lowest BCUT2D eigenvalue weighted by Crippen LogP contribution is -2.37. The minimum atomic E-state index is -3.73. The van der Waals surface area contributed by atoms with Gasteiger partial charge in [-0.2, -0.15) is 4.31 Å². The first-order valence-electron chi connectivity index (χ1n) is 8.87. The second-order valence-corrected chi connectivity index (χ2v) is 9.82. The van der Waals surface area contributed by atoms with E-state index in [0.29, 0.717) is 24.7 Å². The zero-order valence-corrected chi connectivity index (χ0v) is 16.9. The highest BCUT2D eigenvalue weighted by Gasteiger charge is 2.30. The smallest absolute Gasteiger partial charge is 0.293 e. The molecule has 0 radical (unpaired) electrons. The highest BCUT2D eigenvalue weighted by molar-refractivity contribution is 7.89. The summed E-state index contributed by atoms with van der Waals surface area (Å²) in [6.45, 7) is 4.92. The second-order valence-electron chi connectivity index (χ2n) is 6.90. The zero-order chi connectivity index (χ0) is 19.6. The highest BCUT2D eigenvalue weighted by atomic mass is 32.2. The molecular weight excluding hydrogens is 386 g/mol. The molecule has 146 valence electrons. The third kappa shape index (κ3) is 4.31. The Morgan fingerprint density at radius 3 is 2.59 bits per heavy atom. The summed E-state index contributed by atoms with van der Waals surface area (Å²) in [6, 6.07) is 7.85. The maximum Gasteiger partial charge on any atom is 0.293 e. The molecule has 1 aromatic heterocycles. The number of hydrogen-bond acceptors (Lipinski definition) is 6. The van der Waals surface area contributed by atoms with Gasteiger partial charge in [0.05, 0.1) is 15.9 Å². The monoisotopic (exact) mass is 409 g/mol. The van der Waals surface area contributed by atoms with E-state index in [1.54, 1.807) is 11.3 Å². The molecule has 27 heavy (non-hydrogen) atoms. The fourth-order valence-corrected chi connectivity index (χ4v) is 5.39. The molecular formula is C18H23N3O4S2. The predicted octanol–water partition coefficient (Wildman–Crippen LogP) is 4.25. The molecule has 9 heteroatoms. The first kappa shape index (κ1) is 19.8. The van der Waals surface area contributed by atoms with E-state index < -0.39 is 14.9 Å². The van der Waals surface area contributed by atoms with Crippen LogP contribution in [0.2, 0.25) is 0 Å². The van der Waals surface area contributed by atoms with Crippen LogP contribution in [0.1, 0.15) is 37.6 Å². The molecule has 0 bridgehead atoms. The van der Waals surface area contributed by atoms with E-state index in [1.807, 2.05) is 24.4 Å². The molecule has 1 aliphatic heterocycles. The number of nitrogens with zero attached hydrogens (tertiary/aromatic N) is 2. The molecule has 1 aromatic carbocycles. The van der Waals surface area contributed by atoms with Crippen LogP contribution in [0.25, 0.3) is 0 Å². The van der Waals surface area contributed by atoms with Crippen LogP contribution in [0.4, 0.5) is 11.4 Å². The van der Waals surface area contributed by atoms with Crippen molar-refractivity contribution >= 4 is 32.7 Å². The number of nitro groups is 1. The quantitative estimate of drug-likeness (QED) is 0.569.